The Kier molecular flexibility index (Phi) is 3.00. The maximum absolute atomic E-state index is 5.60. The van der Waals surface area contributed by atoms with E-state index in [-0.39, 0.29) is 0 Å². The summed E-state index contributed by atoms with van der Waals surface area (Å²) >= 11 is 0. The van der Waals surface area contributed by atoms with Crippen molar-refractivity contribution in [2.75, 3.05) is 14.1 Å². The van der Waals surface area contributed by atoms with Gasteiger partial charge in [-0.2, -0.15) is 0 Å². The normalized spacial score (nSPS) is 16.4. The smallest absolute Gasteiger partial charge is 0.0793 e. The third-order valence-electron chi connectivity index (χ3n) is 1.96. The molecular formula is C8H16N6. The van der Waals surface area contributed by atoms with E-state index in [0.717, 1.165) is 11.3 Å². The third kappa shape index (κ3) is 1.81. The Morgan fingerprint density at radius 1 is 1.71 bits per heavy atom. The molecule has 0 aromatic rings. The molecule has 0 saturated heterocycles. The topological polar surface area (TPSA) is 82.6 Å². The largest absolute Gasteiger partial charge is 0.403 e. The highest BCUT2D eigenvalue weighted by molar-refractivity contribution is 5.42. The van der Waals surface area contributed by atoms with Crippen LogP contribution in [-0.4, -0.2) is 24.1 Å². The Morgan fingerprint density at radius 3 is 2.71 bits per heavy atom. The summed E-state index contributed by atoms with van der Waals surface area (Å²) in [6, 6.07) is 0. The highest BCUT2D eigenvalue weighted by atomic mass is 15.7. The highest BCUT2D eigenvalue weighted by Gasteiger charge is 2.17. The molecule has 1 aliphatic rings. The molecule has 0 aliphatic carbocycles. The standard InChI is InChI=1S/C8H16N6/c1-6(7(4-9)13(2)10)8-5-11-12-14(8)3/h4-5,11-12H,1,9-10H2,2-3H3/b7-4-. The van der Waals surface area contributed by atoms with Crippen molar-refractivity contribution in [2.24, 2.45) is 11.6 Å². The van der Waals surface area contributed by atoms with Crippen molar-refractivity contribution < 1.29 is 0 Å². The van der Waals surface area contributed by atoms with Gasteiger partial charge in [-0.15, -0.1) is 5.53 Å². The van der Waals surface area contributed by atoms with Gasteiger partial charge in [0.05, 0.1) is 11.4 Å². The Bertz CT molecular complexity index is 286. The van der Waals surface area contributed by atoms with Crippen LogP contribution < -0.4 is 22.5 Å². The van der Waals surface area contributed by atoms with Crippen molar-refractivity contribution in [3.63, 3.8) is 0 Å². The quantitative estimate of drug-likeness (QED) is 0.262. The zero-order valence-electron chi connectivity index (χ0n) is 8.41. The lowest BCUT2D eigenvalue weighted by molar-refractivity contribution is 0.309. The minimum atomic E-state index is 0.675. The van der Waals surface area contributed by atoms with Gasteiger partial charge in [0.2, 0.25) is 0 Å². The molecule has 0 aromatic heterocycles. The Balaban J connectivity index is 2.84. The van der Waals surface area contributed by atoms with Gasteiger partial charge in [0.25, 0.3) is 0 Å². The van der Waals surface area contributed by atoms with E-state index >= 15 is 0 Å². The summed E-state index contributed by atoms with van der Waals surface area (Å²) in [4.78, 5) is 0. The van der Waals surface area contributed by atoms with Crippen LogP contribution in [0.1, 0.15) is 0 Å². The minimum absolute atomic E-state index is 0.675. The third-order valence-corrected chi connectivity index (χ3v) is 1.96. The second-order valence-corrected chi connectivity index (χ2v) is 2.99. The molecule has 0 spiro atoms. The van der Waals surface area contributed by atoms with Crippen LogP contribution in [0.25, 0.3) is 0 Å². The molecule has 6 N–H and O–H groups in total. The lowest BCUT2D eigenvalue weighted by Gasteiger charge is -2.22. The monoisotopic (exact) mass is 196 g/mol. The number of nitrogens with one attached hydrogen (secondary N) is 2. The van der Waals surface area contributed by atoms with Crippen LogP contribution in [0.4, 0.5) is 0 Å². The summed E-state index contributed by atoms with van der Waals surface area (Å²) in [5, 5.41) is 3.21. The van der Waals surface area contributed by atoms with Crippen molar-refractivity contribution in [1.82, 2.24) is 21.0 Å². The zero-order valence-corrected chi connectivity index (χ0v) is 8.41. The van der Waals surface area contributed by atoms with E-state index in [9.17, 15) is 0 Å². The van der Waals surface area contributed by atoms with E-state index in [0.29, 0.717) is 5.70 Å². The van der Waals surface area contributed by atoms with Gasteiger partial charge in [-0.3, -0.25) is 5.01 Å². The van der Waals surface area contributed by atoms with Crippen LogP contribution in [0.5, 0.6) is 0 Å². The van der Waals surface area contributed by atoms with Crippen LogP contribution in [0.3, 0.4) is 0 Å². The summed E-state index contributed by atoms with van der Waals surface area (Å²) in [5.41, 5.74) is 13.5. The highest BCUT2D eigenvalue weighted by Crippen LogP contribution is 2.19. The SMILES string of the molecule is C=C(C1=CNNN1C)/C(=C/N)N(C)N. The van der Waals surface area contributed by atoms with E-state index in [4.69, 9.17) is 11.6 Å². The molecule has 0 atom stereocenters. The molecule has 0 fully saturated rings. The first-order valence-electron chi connectivity index (χ1n) is 4.13. The molecule has 14 heavy (non-hydrogen) atoms. The molecule has 0 amide bonds. The average Bonchev–Trinajstić information content (AvgIpc) is 2.51. The van der Waals surface area contributed by atoms with Gasteiger partial charge < -0.3 is 16.2 Å². The molecule has 0 aromatic carbocycles. The number of likely N-dealkylation sites (N-methyl/N-ethyl adjacent to an activating group) is 2. The molecule has 78 valence electrons. The molecule has 1 aliphatic heterocycles. The molecular weight excluding hydrogens is 180 g/mol. The molecule has 0 unspecified atom stereocenters. The minimum Gasteiger partial charge on any atom is -0.403 e. The number of hydrazine groups is 3. The van der Waals surface area contributed by atoms with Gasteiger partial charge in [-0.05, 0) is 0 Å². The molecule has 0 radical (unpaired) electrons. The molecule has 0 saturated carbocycles. The van der Waals surface area contributed by atoms with E-state index in [1.807, 2.05) is 7.05 Å². The molecule has 6 heteroatoms. The van der Waals surface area contributed by atoms with Crippen LogP contribution in [0, 0.1) is 0 Å². The number of hydrogen-bond acceptors (Lipinski definition) is 6. The Morgan fingerprint density at radius 2 is 2.36 bits per heavy atom. The summed E-state index contributed by atoms with van der Waals surface area (Å²) in [5.74, 6) is 5.60. The van der Waals surface area contributed by atoms with Crippen LogP contribution in [0.2, 0.25) is 0 Å². The van der Waals surface area contributed by atoms with Gasteiger partial charge >= 0.3 is 0 Å². The van der Waals surface area contributed by atoms with E-state index in [2.05, 4.69) is 17.5 Å². The van der Waals surface area contributed by atoms with Gasteiger partial charge in [-0.1, -0.05) is 6.58 Å². The van der Waals surface area contributed by atoms with Gasteiger partial charge in [-0.25, -0.2) is 5.84 Å². The molecule has 1 rings (SSSR count). The first kappa shape index (κ1) is 10.4. The van der Waals surface area contributed by atoms with E-state index in [1.165, 1.54) is 11.2 Å². The number of nitrogens with two attached hydrogens (primary N) is 2. The lowest BCUT2D eigenvalue weighted by atomic mass is 10.1. The predicted molar refractivity (Wildman–Crippen MR) is 55.5 cm³/mol. The lowest BCUT2D eigenvalue weighted by Crippen LogP contribution is -2.35. The summed E-state index contributed by atoms with van der Waals surface area (Å²) < 4.78 is 0. The maximum atomic E-state index is 5.60. The second-order valence-electron chi connectivity index (χ2n) is 2.99. The number of hydrogen-bond donors (Lipinski definition) is 4. The van der Waals surface area contributed by atoms with Crippen molar-refractivity contribution in [3.8, 4) is 0 Å². The van der Waals surface area contributed by atoms with Crippen molar-refractivity contribution in [2.45, 2.75) is 0 Å². The van der Waals surface area contributed by atoms with Crippen molar-refractivity contribution >= 4 is 0 Å². The average molecular weight is 196 g/mol. The molecule has 6 nitrogen and oxygen atoms in total. The molecule has 1 heterocycles. The fourth-order valence-corrected chi connectivity index (χ4v) is 1.21. The Labute approximate surface area is 83.4 Å². The van der Waals surface area contributed by atoms with Gasteiger partial charge in [0.1, 0.15) is 0 Å². The molecule has 0 bridgehead atoms. The zero-order chi connectivity index (χ0) is 10.7. The first-order chi connectivity index (χ1) is 6.57. The van der Waals surface area contributed by atoms with E-state index < -0.39 is 0 Å². The summed E-state index contributed by atoms with van der Waals surface area (Å²) in [6.45, 7) is 3.92. The number of nitrogens with zero attached hydrogens (tertiary/aromatic N) is 2. The second kappa shape index (κ2) is 4.03. The van der Waals surface area contributed by atoms with Crippen molar-refractivity contribution in [1.29, 1.82) is 0 Å². The van der Waals surface area contributed by atoms with Crippen molar-refractivity contribution in [3.05, 3.63) is 35.9 Å². The fourth-order valence-electron chi connectivity index (χ4n) is 1.21. The first-order valence-corrected chi connectivity index (χ1v) is 4.13. The summed E-state index contributed by atoms with van der Waals surface area (Å²) in [6.07, 6.45) is 3.21. The fraction of sp³-hybridized carbons (Fsp3) is 0.250. The maximum Gasteiger partial charge on any atom is 0.0793 e. The number of rotatable bonds is 3. The van der Waals surface area contributed by atoms with E-state index in [1.54, 1.807) is 18.3 Å². The summed E-state index contributed by atoms with van der Waals surface area (Å²) in [7, 11) is 3.57. The Hall–Kier alpha value is -1.66. The van der Waals surface area contributed by atoms with Gasteiger partial charge in [0.15, 0.2) is 0 Å². The van der Waals surface area contributed by atoms with Crippen LogP contribution in [0.15, 0.2) is 35.9 Å². The van der Waals surface area contributed by atoms with Gasteiger partial charge in [0, 0.05) is 32.1 Å². The van der Waals surface area contributed by atoms with Crippen LogP contribution in [-0.2, 0) is 0 Å². The van der Waals surface area contributed by atoms with Crippen LogP contribution >= 0.6 is 0 Å². The predicted octanol–water partition coefficient (Wildman–Crippen LogP) is -1.06.